The van der Waals surface area contributed by atoms with Gasteiger partial charge in [0.05, 0.1) is 25.2 Å². The van der Waals surface area contributed by atoms with Crippen molar-refractivity contribution in [2.75, 3.05) is 14.2 Å². The Hall–Kier alpha value is -0.360. The van der Waals surface area contributed by atoms with E-state index in [4.69, 9.17) is 0 Å². The van der Waals surface area contributed by atoms with Crippen molar-refractivity contribution in [3.8, 4) is 0 Å². The van der Waals surface area contributed by atoms with E-state index >= 15 is 0 Å². The van der Waals surface area contributed by atoms with Crippen LogP contribution >= 0.6 is 21.8 Å². The molecule has 64 valence electrons. The molecule has 0 aromatic heterocycles. The first-order valence-corrected chi connectivity index (χ1v) is 4.81. The fourth-order valence-corrected chi connectivity index (χ4v) is 1.22. The summed E-state index contributed by atoms with van der Waals surface area (Å²) in [5.41, 5.74) is 0. The van der Waals surface area contributed by atoms with E-state index in [0.29, 0.717) is 0 Å². The molecule has 0 N–H and O–H groups in total. The lowest BCUT2D eigenvalue weighted by Crippen LogP contribution is -2.01. The third-order valence-electron chi connectivity index (χ3n) is 0.616. The molecular weight excluding hydrogens is 186 g/mol. The molecule has 0 radical (unpaired) electrons. The van der Waals surface area contributed by atoms with Gasteiger partial charge in [0.15, 0.2) is 5.12 Å². The van der Waals surface area contributed by atoms with Crippen LogP contribution in [0.1, 0.15) is 6.92 Å². The molecule has 6 heteroatoms. The van der Waals surface area contributed by atoms with Crippen molar-refractivity contribution >= 4 is 33.0 Å². The second kappa shape index (κ2) is 6.36. The Morgan fingerprint density at radius 2 is 1.91 bits per heavy atom. The van der Waals surface area contributed by atoms with Crippen molar-refractivity contribution in [1.29, 1.82) is 0 Å². The van der Waals surface area contributed by atoms with Crippen molar-refractivity contribution in [2.45, 2.75) is 6.92 Å². The minimum absolute atomic E-state index is 0.00898. The minimum atomic E-state index is -0.00898. The minimum Gasteiger partial charge on any atom is -0.453 e. The molecule has 4 nitrogen and oxygen atoms in total. The van der Waals surface area contributed by atoms with Gasteiger partial charge in [-0.2, -0.15) is 0 Å². The largest absolute Gasteiger partial charge is 0.453 e. The van der Waals surface area contributed by atoms with Crippen LogP contribution in [0, 0.1) is 0 Å². The number of ether oxygens (including phenoxy) is 2. The monoisotopic (exact) mass is 195 g/mol. The van der Waals surface area contributed by atoms with E-state index in [1.165, 1.54) is 21.1 Å². The number of carbonyl (C=O) groups excluding carboxylic acids is 1. The predicted octanol–water partition coefficient (Wildman–Crippen LogP) is 1.48. The molecule has 0 spiro atoms. The summed E-state index contributed by atoms with van der Waals surface area (Å²) in [7, 11) is 4.94. The molecule has 0 saturated heterocycles. The molecule has 0 aromatic rings. The number of hydrogen-bond donors (Lipinski definition) is 0. The highest BCUT2D eigenvalue weighted by Gasteiger charge is 1.97. The molecule has 0 atom stereocenters. The quantitative estimate of drug-likeness (QED) is 0.289. The van der Waals surface area contributed by atoms with Crippen LogP contribution in [0.3, 0.4) is 0 Å². The maximum atomic E-state index is 10.4. The van der Waals surface area contributed by atoms with E-state index < -0.39 is 0 Å². The van der Waals surface area contributed by atoms with Crippen molar-refractivity contribution in [2.24, 2.45) is 4.40 Å². The van der Waals surface area contributed by atoms with Gasteiger partial charge in [-0.3, -0.25) is 4.79 Å². The molecule has 11 heavy (non-hydrogen) atoms. The molecule has 0 aliphatic heterocycles. The third kappa shape index (κ3) is 6.05. The SMILES string of the molecule is COC(=NSSC(C)=O)OC. The fraction of sp³-hybridized carbons (Fsp3) is 0.600. The van der Waals surface area contributed by atoms with Crippen LogP contribution in [0.5, 0.6) is 0 Å². The maximum absolute atomic E-state index is 10.4. The first-order chi connectivity index (χ1) is 5.20. The molecule has 0 unspecified atom stereocenters. The Balaban J connectivity index is 3.61. The van der Waals surface area contributed by atoms with Gasteiger partial charge < -0.3 is 9.47 Å². The molecule has 0 heterocycles. The zero-order valence-corrected chi connectivity index (χ0v) is 8.12. The number of carbonyl (C=O) groups is 1. The topological polar surface area (TPSA) is 47.9 Å². The van der Waals surface area contributed by atoms with E-state index in [0.717, 1.165) is 21.8 Å². The average Bonchev–Trinajstić information content (AvgIpc) is 1.98. The summed E-state index contributed by atoms with van der Waals surface area (Å²) >= 11 is 0. The zero-order chi connectivity index (χ0) is 8.69. The molecule has 0 aromatic carbocycles. The lowest BCUT2D eigenvalue weighted by Gasteiger charge is -1.98. The number of hydrogen-bond acceptors (Lipinski definition) is 6. The summed E-state index contributed by atoms with van der Waals surface area (Å²) in [6.45, 7) is 1.46. The smallest absolute Gasteiger partial charge is 0.395 e. The first kappa shape index (κ1) is 10.6. The fourth-order valence-electron chi connectivity index (χ4n) is 0.259. The van der Waals surface area contributed by atoms with Crippen molar-refractivity contribution in [1.82, 2.24) is 0 Å². The van der Waals surface area contributed by atoms with Crippen LogP contribution in [0.15, 0.2) is 4.40 Å². The summed E-state index contributed by atoms with van der Waals surface area (Å²) in [6.07, 6.45) is 0.156. The average molecular weight is 195 g/mol. The summed E-state index contributed by atoms with van der Waals surface area (Å²) in [5, 5.41) is -0.00898. The number of nitrogens with zero attached hydrogens (tertiary/aromatic N) is 1. The van der Waals surface area contributed by atoms with Gasteiger partial charge in [-0.1, -0.05) is 0 Å². The van der Waals surface area contributed by atoms with Crippen LogP contribution in [-0.4, -0.2) is 25.4 Å². The molecule has 0 bridgehead atoms. The number of rotatable bonds is 2. The summed E-state index contributed by atoms with van der Waals surface area (Å²) in [6, 6.07) is 0. The van der Waals surface area contributed by atoms with Gasteiger partial charge in [0.2, 0.25) is 0 Å². The Morgan fingerprint density at radius 3 is 2.27 bits per heavy atom. The highest BCUT2D eigenvalue weighted by molar-refractivity contribution is 8.81. The first-order valence-electron chi connectivity index (χ1n) is 2.71. The zero-order valence-electron chi connectivity index (χ0n) is 6.49. The Labute approximate surface area is 73.3 Å². The van der Waals surface area contributed by atoms with E-state index in [1.807, 2.05) is 0 Å². The Kier molecular flexibility index (Phi) is 6.15. The van der Waals surface area contributed by atoms with Crippen LogP contribution < -0.4 is 0 Å². The predicted molar refractivity (Wildman–Crippen MR) is 47.3 cm³/mol. The van der Waals surface area contributed by atoms with Gasteiger partial charge >= 0.3 is 6.08 Å². The van der Waals surface area contributed by atoms with Crippen molar-refractivity contribution < 1.29 is 14.3 Å². The molecule has 0 aliphatic rings. The van der Waals surface area contributed by atoms with E-state index in [9.17, 15) is 4.79 Å². The van der Waals surface area contributed by atoms with Crippen molar-refractivity contribution in [3.05, 3.63) is 0 Å². The third-order valence-corrected chi connectivity index (χ3v) is 2.30. The van der Waals surface area contributed by atoms with Gasteiger partial charge in [0, 0.05) is 17.7 Å². The van der Waals surface area contributed by atoms with E-state index in [2.05, 4.69) is 13.9 Å². The Bertz CT molecular complexity index is 154. The molecule has 0 fully saturated rings. The molecular formula is C5H9NO3S2. The summed E-state index contributed by atoms with van der Waals surface area (Å²) in [4.78, 5) is 10.4. The summed E-state index contributed by atoms with van der Waals surface area (Å²) < 4.78 is 13.1. The van der Waals surface area contributed by atoms with E-state index in [1.54, 1.807) is 0 Å². The normalized spacial score (nSPS) is 8.64. The second-order valence-corrected chi connectivity index (χ2v) is 3.44. The Morgan fingerprint density at radius 1 is 1.36 bits per heavy atom. The van der Waals surface area contributed by atoms with Gasteiger partial charge in [-0.15, -0.1) is 4.40 Å². The molecule has 0 rings (SSSR count). The highest BCUT2D eigenvalue weighted by atomic mass is 33.1. The van der Waals surface area contributed by atoms with Crippen LogP contribution in [0.25, 0.3) is 0 Å². The standard InChI is InChI=1S/C5H9NO3S2/c1-4(7)10-11-6-5(8-2)9-3/h1-3H3. The van der Waals surface area contributed by atoms with Crippen LogP contribution in [-0.2, 0) is 14.3 Å². The molecule has 0 saturated carbocycles. The van der Waals surface area contributed by atoms with Gasteiger partial charge in [0.1, 0.15) is 0 Å². The van der Waals surface area contributed by atoms with Crippen LogP contribution in [0.4, 0.5) is 0 Å². The van der Waals surface area contributed by atoms with Gasteiger partial charge in [0.25, 0.3) is 0 Å². The lowest BCUT2D eigenvalue weighted by atomic mass is 10.9. The lowest BCUT2D eigenvalue weighted by molar-refractivity contribution is -0.109. The number of methoxy groups -OCH3 is 2. The second-order valence-electron chi connectivity index (χ2n) is 1.41. The van der Waals surface area contributed by atoms with Gasteiger partial charge in [-0.05, 0) is 0 Å². The van der Waals surface area contributed by atoms with Gasteiger partial charge in [-0.25, -0.2) is 0 Å². The highest BCUT2D eigenvalue weighted by Crippen LogP contribution is 2.22. The maximum Gasteiger partial charge on any atom is 0.395 e. The summed E-state index contributed by atoms with van der Waals surface area (Å²) in [5.74, 6) is 0. The van der Waals surface area contributed by atoms with E-state index in [-0.39, 0.29) is 11.2 Å². The van der Waals surface area contributed by atoms with Crippen molar-refractivity contribution in [3.63, 3.8) is 0 Å². The molecule has 0 aliphatic carbocycles. The molecule has 0 amide bonds. The van der Waals surface area contributed by atoms with Crippen LogP contribution in [0.2, 0.25) is 0 Å².